The van der Waals surface area contributed by atoms with Gasteiger partial charge < -0.3 is 14.8 Å². The van der Waals surface area contributed by atoms with Gasteiger partial charge in [0.1, 0.15) is 17.1 Å². The fourth-order valence-corrected chi connectivity index (χ4v) is 3.00. The number of methoxy groups -OCH3 is 2. The van der Waals surface area contributed by atoms with Crippen molar-refractivity contribution in [3.05, 3.63) is 57.6 Å². The third-order valence-electron chi connectivity index (χ3n) is 4.42. The van der Waals surface area contributed by atoms with Gasteiger partial charge in [0.2, 0.25) is 5.91 Å². The van der Waals surface area contributed by atoms with Gasteiger partial charge in [-0.05, 0) is 18.2 Å². The molecule has 10 nitrogen and oxygen atoms in total. The molecule has 0 bridgehead atoms. The average Bonchev–Trinajstić information content (AvgIpc) is 2.96. The second kappa shape index (κ2) is 7.97. The molecule has 3 rings (SSSR count). The van der Waals surface area contributed by atoms with E-state index in [-0.39, 0.29) is 24.1 Å². The minimum Gasteiger partial charge on any atom is -0.497 e. The minimum atomic E-state index is -0.785. The highest BCUT2D eigenvalue weighted by atomic mass is 16.6. The first-order valence-electron chi connectivity index (χ1n) is 8.52. The van der Waals surface area contributed by atoms with Crippen molar-refractivity contribution in [2.45, 2.75) is 6.42 Å². The number of carbonyl (C=O) groups excluding carboxylic acids is 3. The van der Waals surface area contributed by atoms with E-state index in [1.807, 2.05) is 0 Å². The molecule has 0 fully saturated rings. The fraction of sp³-hybridized carbons (Fsp3) is 0.211. The van der Waals surface area contributed by atoms with Crippen LogP contribution in [0.5, 0.6) is 11.5 Å². The van der Waals surface area contributed by atoms with Crippen LogP contribution in [0.2, 0.25) is 0 Å². The molecular formula is C19H17N3O7. The fourth-order valence-electron chi connectivity index (χ4n) is 3.00. The van der Waals surface area contributed by atoms with E-state index >= 15 is 0 Å². The van der Waals surface area contributed by atoms with Crippen LogP contribution < -0.4 is 14.8 Å². The van der Waals surface area contributed by atoms with Crippen molar-refractivity contribution in [3.8, 4) is 11.5 Å². The lowest BCUT2D eigenvalue weighted by molar-refractivity contribution is -0.385. The van der Waals surface area contributed by atoms with E-state index in [0.717, 1.165) is 11.0 Å². The van der Waals surface area contributed by atoms with E-state index in [9.17, 15) is 24.5 Å². The normalized spacial score (nSPS) is 12.6. The van der Waals surface area contributed by atoms with Crippen LogP contribution in [0.15, 0.2) is 36.4 Å². The van der Waals surface area contributed by atoms with Gasteiger partial charge in [-0.15, -0.1) is 0 Å². The first-order valence-corrected chi connectivity index (χ1v) is 8.52. The summed E-state index contributed by atoms with van der Waals surface area (Å²) in [5.74, 6) is -0.975. The second-order valence-corrected chi connectivity index (χ2v) is 6.08. The summed E-state index contributed by atoms with van der Waals surface area (Å²) >= 11 is 0. The van der Waals surface area contributed by atoms with Crippen molar-refractivity contribution in [1.82, 2.24) is 4.90 Å². The molecule has 29 heavy (non-hydrogen) atoms. The monoisotopic (exact) mass is 399 g/mol. The van der Waals surface area contributed by atoms with Crippen LogP contribution in [0.3, 0.4) is 0 Å². The number of nitrogens with zero attached hydrogens (tertiary/aromatic N) is 2. The molecular weight excluding hydrogens is 382 g/mol. The molecule has 1 N–H and O–H groups in total. The quantitative estimate of drug-likeness (QED) is 0.429. The lowest BCUT2D eigenvalue weighted by atomic mass is 10.1. The third kappa shape index (κ3) is 3.72. The number of rotatable bonds is 7. The highest BCUT2D eigenvalue weighted by Crippen LogP contribution is 2.31. The number of nitro groups is 1. The largest absolute Gasteiger partial charge is 0.497 e. The van der Waals surface area contributed by atoms with Gasteiger partial charge in [0.05, 0.1) is 30.4 Å². The van der Waals surface area contributed by atoms with Crippen LogP contribution in [0.25, 0.3) is 0 Å². The van der Waals surface area contributed by atoms with Gasteiger partial charge in [-0.1, -0.05) is 6.07 Å². The number of anilines is 1. The molecule has 2 aromatic carbocycles. The zero-order valence-electron chi connectivity index (χ0n) is 15.6. The summed E-state index contributed by atoms with van der Waals surface area (Å²) in [6, 6.07) is 8.69. The smallest absolute Gasteiger partial charge is 0.282 e. The van der Waals surface area contributed by atoms with Gasteiger partial charge in [0.15, 0.2) is 0 Å². The van der Waals surface area contributed by atoms with E-state index < -0.39 is 28.3 Å². The lowest BCUT2D eigenvalue weighted by Gasteiger charge is -2.15. The summed E-state index contributed by atoms with van der Waals surface area (Å²) in [5.41, 5.74) is -0.326. The number of imide groups is 1. The molecule has 10 heteroatoms. The molecule has 1 aliphatic heterocycles. The Morgan fingerprint density at radius 3 is 2.55 bits per heavy atom. The number of ether oxygens (including phenoxy) is 2. The maximum absolute atomic E-state index is 12.5. The topological polar surface area (TPSA) is 128 Å². The Morgan fingerprint density at radius 2 is 1.90 bits per heavy atom. The van der Waals surface area contributed by atoms with Crippen LogP contribution in [0.4, 0.5) is 11.4 Å². The molecule has 150 valence electrons. The van der Waals surface area contributed by atoms with Gasteiger partial charge in [0.25, 0.3) is 17.5 Å². The van der Waals surface area contributed by atoms with Crippen molar-refractivity contribution in [2.75, 3.05) is 26.1 Å². The van der Waals surface area contributed by atoms with Crippen molar-refractivity contribution < 1.29 is 28.8 Å². The van der Waals surface area contributed by atoms with E-state index in [4.69, 9.17) is 9.47 Å². The molecule has 2 aromatic rings. The predicted octanol–water partition coefficient (Wildman–Crippen LogP) is 2.24. The first-order chi connectivity index (χ1) is 13.9. The van der Waals surface area contributed by atoms with Crippen LogP contribution >= 0.6 is 0 Å². The number of amides is 3. The van der Waals surface area contributed by atoms with Crippen molar-refractivity contribution in [2.24, 2.45) is 0 Å². The van der Waals surface area contributed by atoms with Gasteiger partial charge in [-0.25, -0.2) is 0 Å². The number of nitro benzene ring substituents is 1. The van der Waals surface area contributed by atoms with Crippen LogP contribution in [0, 0.1) is 10.1 Å². The number of benzene rings is 2. The molecule has 3 amide bonds. The van der Waals surface area contributed by atoms with Gasteiger partial charge in [0, 0.05) is 25.1 Å². The van der Waals surface area contributed by atoms with Crippen molar-refractivity contribution in [3.63, 3.8) is 0 Å². The Balaban J connectivity index is 1.70. The van der Waals surface area contributed by atoms with E-state index in [1.54, 1.807) is 18.2 Å². The molecule has 0 radical (unpaired) electrons. The molecule has 1 heterocycles. The summed E-state index contributed by atoms with van der Waals surface area (Å²) in [4.78, 5) is 48.5. The van der Waals surface area contributed by atoms with Crippen molar-refractivity contribution >= 4 is 29.1 Å². The maximum Gasteiger partial charge on any atom is 0.282 e. The van der Waals surface area contributed by atoms with E-state index in [0.29, 0.717) is 17.2 Å². The maximum atomic E-state index is 12.5. The standard InChI is InChI=1S/C19H17N3O7/c1-28-11-6-7-13(15(10-11)29-2)20-16(23)8-9-21-18(24)12-4-3-5-14(22(26)27)17(12)19(21)25/h3-7,10H,8-9H2,1-2H3,(H,20,23). The summed E-state index contributed by atoms with van der Waals surface area (Å²) in [5, 5.41) is 13.8. The molecule has 0 atom stereocenters. The van der Waals surface area contributed by atoms with Gasteiger partial charge >= 0.3 is 0 Å². The van der Waals surface area contributed by atoms with Gasteiger partial charge in [-0.3, -0.25) is 29.4 Å². The Kier molecular flexibility index (Phi) is 5.44. The molecule has 0 saturated carbocycles. The molecule has 1 aliphatic rings. The third-order valence-corrected chi connectivity index (χ3v) is 4.42. The Bertz CT molecular complexity index is 1020. The lowest BCUT2D eigenvalue weighted by Crippen LogP contribution is -2.33. The minimum absolute atomic E-state index is 0.0403. The zero-order valence-corrected chi connectivity index (χ0v) is 15.6. The summed E-state index contributed by atoms with van der Waals surface area (Å²) in [6.45, 7) is -0.214. The predicted molar refractivity (Wildman–Crippen MR) is 101 cm³/mol. The second-order valence-electron chi connectivity index (χ2n) is 6.08. The highest BCUT2D eigenvalue weighted by Gasteiger charge is 2.40. The Morgan fingerprint density at radius 1 is 1.14 bits per heavy atom. The number of nitrogens with one attached hydrogen (secondary N) is 1. The highest BCUT2D eigenvalue weighted by molar-refractivity contribution is 6.23. The van der Waals surface area contributed by atoms with Crippen LogP contribution in [-0.2, 0) is 4.79 Å². The van der Waals surface area contributed by atoms with Gasteiger partial charge in [-0.2, -0.15) is 0 Å². The first kappa shape index (κ1) is 19.8. The Labute approximate surface area is 165 Å². The van der Waals surface area contributed by atoms with Crippen LogP contribution in [-0.4, -0.2) is 48.3 Å². The molecule has 0 aliphatic carbocycles. The summed E-state index contributed by atoms with van der Waals surface area (Å²) in [6.07, 6.45) is -0.186. The average molecular weight is 399 g/mol. The van der Waals surface area contributed by atoms with Crippen molar-refractivity contribution in [1.29, 1.82) is 0 Å². The number of carbonyl (C=O) groups is 3. The zero-order chi connectivity index (χ0) is 21.1. The number of hydrogen-bond donors (Lipinski definition) is 1. The summed E-state index contributed by atoms with van der Waals surface area (Å²) in [7, 11) is 2.94. The van der Waals surface area contributed by atoms with Crippen LogP contribution in [0.1, 0.15) is 27.1 Å². The van der Waals surface area contributed by atoms with E-state index in [2.05, 4.69) is 5.32 Å². The molecule has 0 saturated heterocycles. The SMILES string of the molecule is COc1ccc(NC(=O)CCN2C(=O)c3cccc([N+](=O)[O-])c3C2=O)c(OC)c1. The number of hydrogen-bond acceptors (Lipinski definition) is 7. The molecule has 0 aromatic heterocycles. The van der Waals surface area contributed by atoms with E-state index in [1.165, 1.54) is 26.4 Å². The number of fused-ring (bicyclic) bond motifs is 1. The molecule has 0 spiro atoms. The Hall–Kier alpha value is -3.95. The molecule has 0 unspecified atom stereocenters. The summed E-state index contributed by atoms with van der Waals surface area (Å²) < 4.78 is 10.3.